The number of rotatable bonds is 5. The largest absolute Gasteiger partial charge is 0.305 e. The van der Waals surface area contributed by atoms with Crippen LogP contribution in [0.4, 0.5) is 0 Å². The molecule has 0 unspecified atom stereocenters. The predicted octanol–water partition coefficient (Wildman–Crippen LogP) is 6.35. The van der Waals surface area contributed by atoms with Crippen molar-refractivity contribution >= 4 is 34.7 Å². The van der Waals surface area contributed by atoms with Crippen molar-refractivity contribution in [3.63, 3.8) is 0 Å². The third-order valence-electron chi connectivity index (χ3n) is 7.33. The standard InChI is InChI=1S/C23H25ClN4S2/c1-28-20(17-2-4-18(24)5-3-17)26-27-22(28)30-13-19-12-29-21(25-19)23-9-14-6-15(10-23)8-16(7-14)11-23/h2-5,12,14-16H,6-11,13H2,1H3. The molecule has 30 heavy (non-hydrogen) atoms. The van der Waals surface area contributed by atoms with E-state index in [1.54, 1.807) is 11.8 Å². The van der Waals surface area contributed by atoms with E-state index < -0.39 is 0 Å². The molecule has 0 aliphatic heterocycles. The number of hydrogen-bond acceptors (Lipinski definition) is 5. The van der Waals surface area contributed by atoms with Gasteiger partial charge in [0.25, 0.3) is 0 Å². The van der Waals surface area contributed by atoms with Gasteiger partial charge in [0.2, 0.25) is 0 Å². The second-order valence-electron chi connectivity index (χ2n) is 9.50. The molecule has 2 heterocycles. The summed E-state index contributed by atoms with van der Waals surface area (Å²) in [5, 5.41) is 14.1. The molecule has 4 nitrogen and oxygen atoms in total. The Hall–Kier alpha value is -1.37. The number of halogens is 1. The monoisotopic (exact) mass is 456 g/mol. The summed E-state index contributed by atoms with van der Waals surface area (Å²) in [6.45, 7) is 0. The lowest BCUT2D eigenvalue weighted by molar-refractivity contribution is -0.00532. The van der Waals surface area contributed by atoms with E-state index in [2.05, 4.69) is 20.1 Å². The molecule has 0 saturated heterocycles. The van der Waals surface area contributed by atoms with Crippen LogP contribution >= 0.6 is 34.7 Å². The summed E-state index contributed by atoms with van der Waals surface area (Å²) in [6, 6.07) is 7.75. The van der Waals surface area contributed by atoms with Crippen LogP contribution in [-0.2, 0) is 18.2 Å². The molecule has 0 amide bonds. The summed E-state index contributed by atoms with van der Waals surface area (Å²) >= 11 is 9.63. The van der Waals surface area contributed by atoms with Gasteiger partial charge in [0.15, 0.2) is 11.0 Å². The highest BCUT2D eigenvalue weighted by Gasteiger charge is 2.52. The first-order chi connectivity index (χ1) is 14.6. The van der Waals surface area contributed by atoms with Crippen molar-refractivity contribution in [2.45, 2.75) is 54.8 Å². The Morgan fingerprint density at radius 1 is 1.07 bits per heavy atom. The second-order valence-corrected chi connectivity index (χ2v) is 11.7. The van der Waals surface area contributed by atoms with Crippen LogP contribution < -0.4 is 0 Å². The summed E-state index contributed by atoms with van der Waals surface area (Å²) in [7, 11) is 2.02. The fourth-order valence-corrected chi connectivity index (χ4v) is 8.51. The van der Waals surface area contributed by atoms with Crippen LogP contribution in [0.1, 0.15) is 49.2 Å². The van der Waals surface area contributed by atoms with Gasteiger partial charge in [0.1, 0.15) is 0 Å². The van der Waals surface area contributed by atoms with Crippen molar-refractivity contribution in [3.8, 4) is 11.4 Å². The van der Waals surface area contributed by atoms with Gasteiger partial charge in [-0.3, -0.25) is 0 Å². The summed E-state index contributed by atoms with van der Waals surface area (Å²) in [4.78, 5) is 5.15. The minimum Gasteiger partial charge on any atom is -0.305 e. The van der Waals surface area contributed by atoms with Crippen LogP contribution in [0.25, 0.3) is 11.4 Å². The molecule has 156 valence electrons. The smallest absolute Gasteiger partial charge is 0.191 e. The van der Waals surface area contributed by atoms with Gasteiger partial charge in [-0.15, -0.1) is 21.5 Å². The normalized spacial score (nSPS) is 29.6. The molecule has 0 atom stereocenters. The SMILES string of the molecule is Cn1c(SCc2csc(C34CC5CC(CC(C5)C3)C4)n2)nnc1-c1ccc(Cl)cc1. The molecule has 4 saturated carbocycles. The maximum Gasteiger partial charge on any atom is 0.191 e. The van der Waals surface area contributed by atoms with Crippen LogP contribution in [0, 0.1) is 17.8 Å². The van der Waals surface area contributed by atoms with Gasteiger partial charge >= 0.3 is 0 Å². The van der Waals surface area contributed by atoms with E-state index >= 15 is 0 Å². The number of aromatic nitrogens is 4. The van der Waals surface area contributed by atoms with Crippen molar-refractivity contribution in [3.05, 3.63) is 45.4 Å². The molecule has 1 aromatic carbocycles. The van der Waals surface area contributed by atoms with E-state index in [4.69, 9.17) is 16.6 Å². The first-order valence-electron chi connectivity index (χ1n) is 10.8. The lowest BCUT2D eigenvalue weighted by Gasteiger charge is -2.56. The van der Waals surface area contributed by atoms with E-state index in [9.17, 15) is 0 Å². The van der Waals surface area contributed by atoms with Gasteiger partial charge in [-0.05, 0) is 80.5 Å². The van der Waals surface area contributed by atoms with E-state index in [-0.39, 0.29) is 0 Å². The van der Waals surface area contributed by atoms with Gasteiger partial charge < -0.3 is 4.57 Å². The van der Waals surface area contributed by atoms with E-state index in [0.717, 1.165) is 45.1 Å². The average Bonchev–Trinajstić information content (AvgIpc) is 3.34. The third kappa shape index (κ3) is 3.32. The molecule has 7 heteroatoms. The van der Waals surface area contributed by atoms with E-state index in [1.165, 1.54) is 49.2 Å². The van der Waals surface area contributed by atoms with Gasteiger partial charge in [0.05, 0.1) is 10.7 Å². The Labute approximate surface area is 190 Å². The van der Waals surface area contributed by atoms with Crippen LogP contribution in [0.3, 0.4) is 0 Å². The minimum absolute atomic E-state index is 0.398. The molecule has 7 rings (SSSR count). The zero-order chi connectivity index (χ0) is 20.3. The number of hydrogen-bond donors (Lipinski definition) is 0. The molecule has 2 aromatic heterocycles. The fraction of sp³-hybridized carbons (Fsp3) is 0.522. The predicted molar refractivity (Wildman–Crippen MR) is 123 cm³/mol. The van der Waals surface area contributed by atoms with Crippen molar-refractivity contribution in [2.24, 2.45) is 24.8 Å². The Morgan fingerprint density at radius 3 is 2.40 bits per heavy atom. The van der Waals surface area contributed by atoms with Gasteiger partial charge in [0, 0.05) is 34.2 Å². The summed E-state index contributed by atoms with van der Waals surface area (Å²) < 4.78 is 2.06. The molecule has 0 radical (unpaired) electrons. The molecule has 3 aromatic rings. The number of benzene rings is 1. The highest BCUT2D eigenvalue weighted by molar-refractivity contribution is 7.98. The zero-order valence-electron chi connectivity index (χ0n) is 17.1. The average molecular weight is 457 g/mol. The summed E-state index contributed by atoms with van der Waals surface area (Å²) in [5.74, 6) is 4.59. The number of nitrogens with zero attached hydrogens (tertiary/aromatic N) is 4. The molecular weight excluding hydrogens is 432 g/mol. The third-order valence-corrected chi connectivity index (χ3v) is 9.77. The highest BCUT2D eigenvalue weighted by Crippen LogP contribution is 2.61. The Kier molecular flexibility index (Phi) is 4.74. The number of thioether (sulfide) groups is 1. The van der Waals surface area contributed by atoms with Gasteiger partial charge in [-0.25, -0.2) is 4.98 Å². The van der Waals surface area contributed by atoms with Crippen molar-refractivity contribution in [1.82, 2.24) is 19.7 Å². The Balaban J connectivity index is 1.17. The number of thiazole rings is 1. The Bertz CT molecular complexity index is 1040. The molecule has 0 spiro atoms. The topological polar surface area (TPSA) is 43.6 Å². The molecule has 0 N–H and O–H groups in total. The second kappa shape index (κ2) is 7.35. The van der Waals surface area contributed by atoms with E-state index in [1.807, 2.05) is 42.6 Å². The lowest BCUT2D eigenvalue weighted by Crippen LogP contribution is -2.48. The van der Waals surface area contributed by atoms with Crippen molar-refractivity contribution < 1.29 is 0 Å². The fourth-order valence-electron chi connectivity index (χ4n) is 6.42. The molecule has 4 aliphatic carbocycles. The summed E-state index contributed by atoms with van der Waals surface area (Å²) in [5.41, 5.74) is 2.61. The highest BCUT2D eigenvalue weighted by atomic mass is 35.5. The molecular formula is C23H25ClN4S2. The van der Waals surface area contributed by atoms with E-state index in [0.29, 0.717) is 5.41 Å². The zero-order valence-corrected chi connectivity index (χ0v) is 19.4. The first kappa shape index (κ1) is 19.3. The van der Waals surface area contributed by atoms with Crippen LogP contribution in [0.15, 0.2) is 34.8 Å². The maximum absolute atomic E-state index is 6.01. The van der Waals surface area contributed by atoms with Crippen LogP contribution in [0.5, 0.6) is 0 Å². The van der Waals surface area contributed by atoms with Gasteiger partial charge in [-0.1, -0.05) is 23.4 Å². The first-order valence-corrected chi connectivity index (χ1v) is 13.1. The van der Waals surface area contributed by atoms with Crippen LogP contribution in [-0.4, -0.2) is 19.7 Å². The molecule has 4 aliphatic rings. The van der Waals surface area contributed by atoms with Crippen LogP contribution in [0.2, 0.25) is 5.02 Å². The lowest BCUT2D eigenvalue weighted by atomic mass is 9.50. The van der Waals surface area contributed by atoms with Crippen molar-refractivity contribution in [2.75, 3.05) is 0 Å². The molecule has 4 fully saturated rings. The maximum atomic E-state index is 6.01. The van der Waals surface area contributed by atoms with Gasteiger partial charge in [-0.2, -0.15) is 0 Å². The van der Waals surface area contributed by atoms with Crippen molar-refractivity contribution in [1.29, 1.82) is 0 Å². The Morgan fingerprint density at radius 2 is 1.73 bits per heavy atom. The molecule has 4 bridgehead atoms. The quantitative estimate of drug-likeness (QED) is 0.419. The summed E-state index contributed by atoms with van der Waals surface area (Å²) in [6.07, 6.45) is 8.59. The minimum atomic E-state index is 0.398.